The van der Waals surface area contributed by atoms with Crippen LogP contribution in [0.15, 0.2) is 60.8 Å². The molecule has 3 amide bonds. The molecule has 4 aliphatic heterocycles. The van der Waals surface area contributed by atoms with Gasteiger partial charge in [0.05, 0.1) is 23.3 Å². The number of anilines is 2. The van der Waals surface area contributed by atoms with Crippen molar-refractivity contribution >= 4 is 61.7 Å². The van der Waals surface area contributed by atoms with Crippen molar-refractivity contribution in [3.05, 3.63) is 89.1 Å². The van der Waals surface area contributed by atoms with Gasteiger partial charge in [0.2, 0.25) is 11.8 Å². The third-order valence-corrected chi connectivity index (χ3v) is 15.0. The highest BCUT2D eigenvalue weighted by atomic mass is 19.1. The second kappa shape index (κ2) is 17.6. The lowest BCUT2D eigenvalue weighted by atomic mass is 9.85. The number of imide groups is 1. The number of halogens is 2. The lowest BCUT2D eigenvalue weighted by Gasteiger charge is -2.38. The summed E-state index contributed by atoms with van der Waals surface area (Å²) in [5.41, 5.74) is 2.17. The molecule has 6 aromatic rings. The average Bonchev–Trinajstić information content (AvgIpc) is 4.05. The van der Waals surface area contributed by atoms with Crippen molar-refractivity contribution in [3.63, 3.8) is 0 Å². The number of hydrogen-bond acceptors (Lipinski definition) is 12. The SMILES string of the molecule is CCc1c(F)ccc2cc(OCOC)cc(-c3ncc4c(N5CCC[C@@](C)(O)C5)nc(OCC5(CN6CCC(c7ccc8c9c(cccc79)N(C7CCC(=O)NC7=O)C8=O)CC6)CC5)nc4c3F)c12. The molecule has 0 bridgehead atoms. The van der Waals surface area contributed by atoms with Crippen LogP contribution in [0.3, 0.4) is 0 Å². The standard InChI is InChI=1S/C53H55F2N7O7/c1-4-33-39(54)12-9-31-23-32(69-29-67-3)24-37(43(31)33)46-45(55)47-38(25-56-46)48(61-20-6-17-52(2,66)26-61)59-51(58-47)68-28-53(18-19-53)27-60-21-15-30(16-22-60)34-10-11-36-44-35(34)7-5-8-40(44)62(50(36)65)41-13-14-42(63)57-49(41)64/h5,7-12,23-25,30,41,66H,4,6,13-22,26-29H2,1-3H3,(H,57,63,64)/t41?,52-/m1/s1. The first kappa shape index (κ1) is 45.1. The molecule has 4 fully saturated rings. The molecule has 11 rings (SSSR count). The van der Waals surface area contributed by atoms with Gasteiger partial charge in [-0.2, -0.15) is 9.97 Å². The summed E-state index contributed by atoms with van der Waals surface area (Å²) in [5, 5.41) is 17.0. The molecule has 2 N–H and O–H groups in total. The Morgan fingerprint density at radius 1 is 0.913 bits per heavy atom. The van der Waals surface area contributed by atoms with Gasteiger partial charge in [0.1, 0.15) is 34.6 Å². The molecule has 0 spiro atoms. The van der Waals surface area contributed by atoms with Gasteiger partial charge in [-0.05, 0) is 135 Å². The van der Waals surface area contributed by atoms with Crippen molar-refractivity contribution < 1.29 is 42.5 Å². The highest BCUT2D eigenvalue weighted by Crippen LogP contribution is 2.49. The lowest BCUT2D eigenvalue weighted by molar-refractivity contribution is -0.134. The summed E-state index contributed by atoms with van der Waals surface area (Å²) in [6.07, 6.45) is 7.51. The van der Waals surface area contributed by atoms with Crippen LogP contribution in [-0.2, 0) is 20.7 Å². The van der Waals surface area contributed by atoms with E-state index in [1.165, 1.54) is 18.7 Å². The maximum absolute atomic E-state index is 17.4. The van der Waals surface area contributed by atoms with Crippen LogP contribution in [0.4, 0.5) is 20.3 Å². The van der Waals surface area contributed by atoms with Crippen LogP contribution in [-0.4, -0.2) is 108 Å². The van der Waals surface area contributed by atoms with Crippen molar-refractivity contribution in [2.24, 2.45) is 5.41 Å². The number of aryl methyl sites for hydroxylation is 1. The molecule has 1 unspecified atom stereocenters. The molecule has 4 aromatic carbocycles. The van der Waals surface area contributed by atoms with E-state index in [4.69, 9.17) is 24.2 Å². The summed E-state index contributed by atoms with van der Waals surface area (Å²) >= 11 is 0. The lowest BCUT2D eigenvalue weighted by Crippen LogP contribution is -2.53. The van der Waals surface area contributed by atoms with Crippen LogP contribution in [0.5, 0.6) is 11.8 Å². The number of amides is 3. The van der Waals surface area contributed by atoms with Gasteiger partial charge in [-0.15, -0.1) is 0 Å². The van der Waals surface area contributed by atoms with Gasteiger partial charge in [0.15, 0.2) is 12.6 Å². The van der Waals surface area contributed by atoms with E-state index in [1.807, 2.05) is 30.0 Å². The number of aromatic nitrogens is 3. The zero-order chi connectivity index (χ0) is 47.8. The van der Waals surface area contributed by atoms with Gasteiger partial charge in [0, 0.05) is 61.3 Å². The molecule has 16 heteroatoms. The summed E-state index contributed by atoms with van der Waals surface area (Å²) in [6, 6.07) is 15.7. The number of carbonyl (C=O) groups is 3. The van der Waals surface area contributed by atoms with Gasteiger partial charge < -0.3 is 29.1 Å². The van der Waals surface area contributed by atoms with E-state index in [0.29, 0.717) is 83.3 Å². The van der Waals surface area contributed by atoms with Crippen LogP contribution in [0.1, 0.15) is 92.6 Å². The van der Waals surface area contributed by atoms with Gasteiger partial charge in [-0.1, -0.05) is 31.2 Å². The molecule has 14 nitrogen and oxygen atoms in total. The van der Waals surface area contributed by atoms with Crippen LogP contribution < -0.4 is 24.6 Å². The Balaban J connectivity index is 0.846. The molecular formula is C53H55F2N7O7. The number of nitrogens with zero attached hydrogens (tertiary/aromatic N) is 6. The number of piperidine rings is 3. The molecule has 3 saturated heterocycles. The van der Waals surface area contributed by atoms with Crippen molar-refractivity contribution in [1.82, 2.24) is 25.2 Å². The Bertz CT molecular complexity index is 3080. The highest BCUT2D eigenvalue weighted by molar-refractivity contribution is 6.27. The van der Waals surface area contributed by atoms with Crippen molar-refractivity contribution in [1.29, 1.82) is 0 Å². The van der Waals surface area contributed by atoms with E-state index in [1.54, 1.807) is 36.2 Å². The predicted octanol–water partition coefficient (Wildman–Crippen LogP) is 7.98. The first-order chi connectivity index (χ1) is 33.3. The molecule has 5 aliphatic rings. The number of benzene rings is 4. The number of pyridine rings is 1. The van der Waals surface area contributed by atoms with Crippen LogP contribution in [0.25, 0.3) is 43.7 Å². The topological polar surface area (TPSA) is 160 Å². The molecule has 358 valence electrons. The minimum absolute atomic E-state index is 0.0130. The number of rotatable bonds is 13. The monoisotopic (exact) mass is 939 g/mol. The van der Waals surface area contributed by atoms with Gasteiger partial charge in [0.25, 0.3) is 5.91 Å². The van der Waals surface area contributed by atoms with E-state index in [9.17, 15) is 19.5 Å². The number of methoxy groups -OCH3 is 1. The number of nitrogens with one attached hydrogen (secondary N) is 1. The quantitative estimate of drug-likeness (QED) is 0.0851. The van der Waals surface area contributed by atoms with E-state index in [-0.39, 0.29) is 60.1 Å². The van der Waals surface area contributed by atoms with Gasteiger partial charge in [-0.25, -0.2) is 8.78 Å². The minimum Gasteiger partial charge on any atom is -0.468 e. The normalized spacial score (nSPS) is 21.7. The smallest absolute Gasteiger partial charge is 0.319 e. The highest BCUT2D eigenvalue weighted by Gasteiger charge is 2.46. The number of aliphatic hydroxyl groups is 1. The molecule has 2 atom stereocenters. The zero-order valence-corrected chi connectivity index (χ0v) is 39.1. The third kappa shape index (κ3) is 8.19. The van der Waals surface area contributed by atoms with Crippen molar-refractivity contribution in [2.45, 2.75) is 89.2 Å². The van der Waals surface area contributed by atoms with Crippen LogP contribution in [0, 0.1) is 17.0 Å². The minimum atomic E-state index is -0.984. The largest absolute Gasteiger partial charge is 0.468 e. The number of ether oxygens (including phenoxy) is 3. The van der Waals surface area contributed by atoms with Crippen molar-refractivity contribution in [2.75, 3.05) is 63.0 Å². The maximum Gasteiger partial charge on any atom is 0.319 e. The molecule has 0 radical (unpaired) electrons. The predicted molar refractivity (Wildman–Crippen MR) is 257 cm³/mol. The van der Waals surface area contributed by atoms with Gasteiger partial charge >= 0.3 is 6.01 Å². The number of fused-ring (bicyclic) bond motifs is 2. The Morgan fingerprint density at radius 3 is 2.49 bits per heavy atom. The summed E-state index contributed by atoms with van der Waals surface area (Å²) in [4.78, 5) is 58.9. The Labute approximate surface area is 397 Å². The van der Waals surface area contributed by atoms with E-state index >= 15 is 8.78 Å². The molecule has 69 heavy (non-hydrogen) atoms. The molecule has 1 saturated carbocycles. The fourth-order valence-corrected chi connectivity index (χ4v) is 11.4. The van der Waals surface area contributed by atoms with Crippen molar-refractivity contribution in [3.8, 4) is 23.0 Å². The first-order valence-electron chi connectivity index (χ1n) is 24.1. The van der Waals surface area contributed by atoms with Gasteiger partial charge in [-0.3, -0.25) is 29.6 Å². The molecule has 2 aromatic heterocycles. The molecule has 6 heterocycles. The maximum atomic E-state index is 17.4. The summed E-state index contributed by atoms with van der Waals surface area (Å²) in [6.45, 7) is 7.39. The Morgan fingerprint density at radius 2 is 1.74 bits per heavy atom. The van der Waals surface area contributed by atoms with Crippen LogP contribution >= 0.6 is 0 Å². The first-order valence-corrected chi connectivity index (χ1v) is 24.1. The summed E-state index contributed by atoms with van der Waals surface area (Å²) in [5.74, 6) is -0.952. The zero-order valence-electron chi connectivity index (χ0n) is 39.1. The summed E-state index contributed by atoms with van der Waals surface area (Å²) < 4.78 is 50.3. The average molecular weight is 940 g/mol. The number of β-amino-alcohol motifs (C(OH)–C–C–N with tert-alkyl or cyclic N) is 1. The number of hydrogen-bond donors (Lipinski definition) is 2. The summed E-state index contributed by atoms with van der Waals surface area (Å²) in [7, 11) is 1.51. The Hall–Kier alpha value is -6.36. The fourth-order valence-electron chi connectivity index (χ4n) is 11.4. The molecular weight excluding hydrogens is 885 g/mol. The van der Waals surface area contributed by atoms with E-state index < -0.39 is 29.2 Å². The number of carbonyl (C=O) groups excluding carboxylic acids is 3. The van der Waals surface area contributed by atoms with E-state index in [0.717, 1.165) is 61.8 Å². The Kier molecular flexibility index (Phi) is 11.5. The van der Waals surface area contributed by atoms with E-state index in [2.05, 4.69) is 27.3 Å². The van der Waals surface area contributed by atoms with Crippen LogP contribution in [0.2, 0.25) is 0 Å². The second-order valence-corrected chi connectivity index (χ2v) is 19.9. The molecule has 1 aliphatic carbocycles. The second-order valence-electron chi connectivity index (χ2n) is 19.9. The number of likely N-dealkylation sites (tertiary alicyclic amines) is 1. The third-order valence-electron chi connectivity index (χ3n) is 15.0. The fraction of sp³-hybridized carbons (Fsp3) is 0.434.